The van der Waals surface area contributed by atoms with E-state index in [4.69, 9.17) is 16.3 Å². The second kappa shape index (κ2) is 9.89. The van der Waals surface area contributed by atoms with Gasteiger partial charge in [-0.15, -0.1) is 0 Å². The third kappa shape index (κ3) is 5.19. The molecule has 3 aromatic carbocycles. The summed E-state index contributed by atoms with van der Waals surface area (Å²) in [7, 11) is 0. The number of rotatable bonds is 7. The number of benzene rings is 3. The van der Waals surface area contributed by atoms with Crippen molar-refractivity contribution in [1.82, 2.24) is 15.2 Å². The maximum atomic E-state index is 13.4. The predicted octanol–water partition coefficient (Wildman–Crippen LogP) is 4.86. The van der Waals surface area contributed by atoms with Crippen LogP contribution in [0.25, 0.3) is 16.9 Å². The molecule has 8 heteroatoms. The highest BCUT2D eigenvalue weighted by Gasteiger charge is 2.12. The van der Waals surface area contributed by atoms with Gasteiger partial charge in [0.1, 0.15) is 17.3 Å². The fraction of sp³-hybridized carbons (Fsp3) is 0.0417. The summed E-state index contributed by atoms with van der Waals surface area (Å²) in [5.41, 5.74) is 5.24. The van der Waals surface area contributed by atoms with Gasteiger partial charge < -0.3 is 4.74 Å². The van der Waals surface area contributed by atoms with Gasteiger partial charge in [0.05, 0.1) is 16.9 Å². The Kier molecular flexibility index (Phi) is 6.57. The first-order valence-electron chi connectivity index (χ1n) is 9.70. The van der Waals surface area contributed by atoms with Crippen LogP contribution in [0.4, 0.5) is 4.39 Å². The van der Waals surface area contributed by atoms with Gasteiger partial charge in [-0.1, -0.05) is 41.9 Å². The van der Waals surface area contributed by atoms with Crippen molar-refractivity contribution in [2.24, 2.45) is 5.10 Å². The number of aromatic nitrogens is 2. The summed E-state index contributed by atoms with van der Waals surface area (Å²) in [6.45, 7) is -0.241. The highest BCUT2D eigenvalue weighted by Crippen LogP contribution is 2.24. The molecule has 0 fully saturated rings. The third-order valence-corrected chi connectivity index (χ3v) is 4.78. The van der Waals surface area contributed by atoms with E-state index in [0.717, 1.165) is 11.3 Å². The van der Waals surface area contributed by atoms with Crippen LogP contribution < -0.4 is 10.2 Å². The first kappa shape index (κ1) is 21.3. The number of para-hydroxylation sites is 2. The molecule has 0 radical (unpaired) electrons. The van der Waals surface area contributed by atoms with Crippen LogP contribution in [0.5, 0.6) is 5.75 Å². The number of amides is 1. The molecule has 0 unspecified atom stereocenters. The molecule has 0 aliphatic rings. The van der Waals surface area contributed by atoms with E-state index in [1.165, 1.54) is 18.3 Å². The zero-order valence-electron chi connectivity index (χ0n) is 16.8. The standard InChI is InChI=1S/C24H18ClFN4O2/c25-21-8-4-5-9-22(21)32-16-23(31)28-27-14-18-15-30(20-6-2-1-3-7-20)29-24(18)17-10-12-19(26)13-11-17/h1-15H,16H2,(H,28,31)/b27-14+. The summed E-state index contributed by atoms with van der Waals surface area (Å²) >= 11 is 6.01. The molecule has 32 heavy (non-hydrogen) atoms. The predicted molar refractivity (Wildman–Crippen MR) is 122 cm³/mol. The van der Waals surface area contributed by atoms with Crippen LogP contribution in [0.15, 0.2) is 90.2 Å². The van der Waals surface area contributed by atoms with Crippen molar-refractivity contribution in [3.8, 4) is 22.7 Å². The van der Waals surface area contributed by atoms with Crippen LogP contribution in [-0.4, -0.2) is 28.5 Å². The van der Waals surface area contributed by atoms with Gasteiger partial charge in [0.15, 0.2) is 6.61 Å². The first-order chi connectivity index (χ1) is 15.6. The Hall–Kier alpha value is -3.97. The van der Waals surface area contributed by atoms with Gasteiger partial charge in [0.25, 0.3) is 5.91 Å². The van der Waals surface area contributed by atoms with Crippen molar-refractivity contribution in [3.05, 3.63) is 101 Å². The van der Waals surface area contributed by atoms with Gasteiger partial charge in [-0.3, -0.25) is 4.79 Å². The lowest BCUT2D eigenvalue weighted by molar-refractivity contribution is -0.123. The van der Waals surface area contributed by atoms with Gasteiger partial charge in [-0.2, -0.15) is 10.2 Å². The first-order valence-corrected chi connectivity index (χ1v) is 10.1. The van der Waals surface area contributed by atoms with Crippen molar-refractivity contribution in [1.29, 1.82) is 0 Å². The molecule has 4 aromatic rings. The molecule has 0 spiro atoms. The highest BCUT2D eigenvalue weighted by atomic mass is 35.5. The summed E-state index contributed by atoms with van der Waals surface area (Å²) in [5.74, 6) is -0.367. The van der Waals surface area contributed by atoms with E-state index in [9.17, 15) is 9.18 Å². The van der Waals surface area contributed by atoms with Crippen LogP contribution in [-0.2, 0) is 4.79 Å². The average molecular weight is 449 g/mol. The molecule has 160 valence electrons. The molecule has 1 aromatic heterocycles. The number of ether oxygens (including phenoxy) is 1. The Bertz CT molecular complexity index is 1240. The molecular weight excluding hydrogens is 431 g/mol. The number of nitrogens with one attached hydrogen (secondary N) is 1. The largest absolute Gasteiger partial charge is 0.482 e. The van der Waals surface area contributed by atoms with E-state index >= 15 is 0 Å². The Morgan fingerprint density at radius 3 is 2.53 bits per heavy atom. The van der Waals surface area contributed by atoms with E-state index in [-0.39, 0.29) is 12.4 Å². The summed E-state index contributed by atoms with van der Waals surface area (Å²) in [4.78, 5) is 12.1. The fourth-order valence-corrected chi connectivity index (χ4v) is 3.13. The summed E-state index contributed by atoms with van der Waals surface area (Å²) in [5, 5.41) is 9.05. The van der Waals surface area contributed by atoms with E-state index < -0.39 is 5.91 Å². The van der Waals surface area contributed by atoms with E-state index in [1.807, 2.05) is 30.3 Å². The molecule has 0 atom stereocenters. The maximum Gasteiger partial charge on any atom is 0.277 e. The Morgan fingerprint density at radius 2 is 1.78 bits per heavy atom. The summed E-state index contributed by atoms with van der Waals surface area (Å²) in [6.07, 6.45) is 3.27. The normalized spacial score (nSPS) is 10.9. The molecule has 1 heterocycles. The van der Waals surface area contributed by atoms with Gasteiger partial charge >= 0.3 is 0 Å². The molecule has 4 rings (SSSR count). The van der Waals surface area contributed by atoms with Crippen LogP contribution in [0.3, 0.4) is 0 Å². The van der Waals surface area contributed by atoms with E-state index in [2.05, 4.69) is 15.6 Å². The van der Waals surface area contributed by atoms with Gasteiger partial charge in [0, 0.05) is 17.3 Å². The van der Waals surface area contributed by atoms with E-state index in [1.54, 1.807) is 47.3 Å². The molecule has 0 aliphatic heterocycles. The molecule has 1 amide bonds. The van der Waals surface area contributed by atoms with Crippen LogP contribution in [0, 0.1) is 5.82 Å². The third-order valence-electron chi connectivity index (χ3n) is 4.47. The number of carbonyl (C=O) groups is 1. The molecule has 0 aliphatic carbocycles. The number of nitrogens with zero attached hydrogens (tertiary/aromatic N) is 3. The van der Waals surface area contributed by atoms with Gasteiger partial charge in [-0.25, -0.2) is 14.5 Å². The minimum atomic E-state index is -0.444. The lowest BCUT2D eigenvalue weighted by Crippen LogP contribution is -2.24. The van der Waals surface area contributed by atoms with Crippen LogP contribution in [0.1, 0.15) is 5.56 Å². The Labute approximate surface area is 188 Å². The van der Waals surface area contributed by atoms with Gasteiger partial charge in [-0.05, 0) is 48.5 Å². The average Bonchev–Trinajstić information content (AvgIpc) is 3.24. The maximum absolute atomic E-state index is 13.4. The lowest BCUT2D eigenvalue weighted by atomic mass is 10.1. The molecule has 0 saturated carbocycles. The smallest absolute Gasteiger partial charge is 0.277 e. The Morgan fingerprint density at radius 1 is 1.06 bits per heavy atom. The number of hydrogen-bond donors (Lipinski definition) is 1. The molecule has 0 saturated heterocycles. The van der Waals surface area contributed by atoms with E-state index in [0.29, 0.717) is 22.0 Å². The fourth-order valence-electron chi connectivity index (χ4n) is 2.94. The van der Waals surface area contributed by atoms with Crippen molar-refractivity contribution in [2.45, 2.75) is 0 Å². The number of halogens is 2. The van der Waals surface area contributed by atoms with Crippen molar-refractivity contribution < 1.29 is 13.9 Å². The summed E-state index contributed by atoms with van der Waals surface area (Å²) in [6, 6.07) is 22.4. The lowest BCUT2D eigenvalue weighted by Gasteiger charge is -2.06. The summed E-state index contributed by atoms with van der Waals surface area (Å²) < 4.78 is 20.5. The monoisotopic (exact) mass is 448 g/mol. The zero-order valence-corrected chi connectivity index (χ0v) is 17.5. The second-order valence-electron chi connectivity index (χ2n) is 6.73. The van der Waals surface area contributed by atoms with Gasteiger partial charge in [0.2, 0.25) is 0 Å². The second-order valence-corrected chi connectivity index (χ2v) is 7.14. The minimum absolute atomic E-state index is 0.241. The topological polar surface area (TPSA) is 68.5 Å². The molecule has 0 bridgehead atoms. The van der Waals surface area contributed by atoms with Crippen LogP contribution in [0.2, 0.25) is 5.02 Å². The number of hydrogen-bond acceptors (Lipinski definition) is 4. The molecule has 6 nitrogen and oxygen atoms in total. The highest BCUT2D eigenvalue weighted by molar-refractivity contribution is 6.32. The van der Waals surface area contributed by atoms with Crippen molar-refractivity contribution >= 4 is 23.7 Å². The van der Waals surface area contributed by atoms with Crippen molar-refractivity contribution in [2.75, 3.05) is 6.61 Å². The van der Waals surface area contributed by atoms with Crippen LogP contribution >= 0.6 is 11.6 Å². The number of hydrazone groups is 1. The Balaban J connectivity index is 1.50. The zero-order chi connectivity index (χ0) is 22.3. The molecular formula is C24H18ClFN4O2. The molecule has 1 N–H and O–H groups in total. The number of carbonyl (C=O) groups excluding carboxylic acids is 1. The SMILES string of the molecule is O=C(COc1ccccc1Cl)N/N=C/c1cn(-c2ccccc2)nc1-c1ccc(F)cc1. The minimum Gasteiger partial charge on any atom is -0.482 e. The quantitative estimate of drug-likeness (QED) is 0.324. The van der Waals surface area contributed by atoms with Crippen molar-refractivity contribution in [3.63, 3.8) is 0 Å².